The van der Waals surface area contributed by atoms with Crippen molar-refractivity contribution in [2.75, 3.05) is 25.9 Å². The normalized spacial score (nSPS) is 16.2. The van der Waals surface area contributed by atoms with Crippen LogP contribution < -0.4 is 5.73 Å². The first kappa shape index (κ1) is 14.1. The number of likely N-dealkylation sites (tertiary alicyclic amines) is 1. The Morgan fingerprint density at radius 2 is 1.89 bits per heavy atom. The van der Waals surface area contributed by atoms with E-state index in [1.165, 1.54) is 32.4 Å². The molecule has 19 heavy (non-hydrogen) atoms. The molecule has 1 aliphatic heterocycles. The summed E-state index contributed by atoms with van der Waals surface area (Å²) in [7, 11) is 2.19. The highest BCUT2D eigenvalue weighted by Crippen LogP contribution is 2.20. The van der Waals surface area contributed by atoms with Crippen LogP contribution in [0.1, 0.15) is 24.8 Å². The lowest BCUT2D eigenvalue weighted by Gasteiger charge is -2.20. The molecule has 0 saturated carbocycles. The molecule has 3 heterocycles. The second kappa shape index (κ2) is 6.21. The van der Waals surface area contributed by atoms with Gasteiger partial charge in [0, 0.05) is 6.20 Å². The first-order chi connectivity index (χ1) is 9.09. The molecule has 2 aromatic rings. The van der Waals surface area contributed by atoms with Gasteiger partial charge in [-0.2, -0.15) is 0 Å². The van der Waals surface area contributed by atoms with Crippen LogP contribution in [0.4, 0.5) is 5.95 Å². The second-order valence-corrected chi connectivity index (χ2v) is 5.29. The number of halogens is 1. The zero-order valence-corrected chi connectivity index (χ0v) is 12.2. The van der Waals surface area contributed by atoms with Crippen LogP contribution in [0, 0.1) is 6.92 Å². The number of hydrogen-bond acceptors (Lipinski definition) is 4. The third-order valence-corrected chi connectivity index (χ3v) is 3.60. The SMILES string of the molecule is CN1CCCCC1.Cc1ccn2c(N)nnc(Cl)c12. The topological polar surface area (TPSA) is 59.5 Å². The molecule has 1 fully saturated rings. The van der Waals surface area contributed by atoms with Crippen LogP contribution in [-0.4, -0.2) is 39.6 Å². The third-order valence-electron chi connectivity index (χ3n) is 3.35. The highest BCUT2D eigenvalue weighted by atomic mass is 35.5. The molecule has 0 unspecified atom stereocenters. The summed E-state index contributed by atoms with van der Waals surface area (Å²) in [6, 6.07) is 1.92. The number of nitrogens with two attached hydrogens (primary N) is 1. The molecule has 2 N–H and O–H groups in total. The highest BCUT2D eigenvalue weighted by molar-refractivity contribution is 6.32. The Labute approximate surface area is 118 Å². The Morgan fingerprint density at radius 3 is 2.42 bits per heavy atom. The average molecular weight is 282 g/mol. The van der Waals surface area contributed by atoms with Crippen molar-refractivity contribution in [2.24, 2.45) is 0 Å². The van der Waals surface area contributed by atoms with E-state index in [4.69, 9.17) is 17.3 Å². The Morgan fingerprint density at radius 1 is 1.21 bits per heavy atom. The molecule has 0 spiro atoms. The Kier molecular flexibility index (Phi) is 4.61. The van der Waals surface area contributed by atoms with E-state index in [-0.39, 0.29) is 0 Å². The van der Waals surface area contributed by atoms with E-state index < -0.39 is 0 Å². The van der Waals surface area contributed by atoms with Gasteiger partial charge in [0.2, 0.25) is 5.95 Å². The Hall–Kier alpha value is -1.33. The molecule has 6 heteroatoms. The predicted molar refractivity (Wildman–Crippen MR) is 78.5 cm³/mol. The van der Waals surface area contributed by atoms with E-state index in [0.717, 1.165) is 11.1 Å². The number of fused-ring (bicyclic) bond motifs is 1. The summed E-state index contributed by atoms with van der Waals surface area (Å²) in [6.07, 6.45) is 6.10. The van der Waals surface area contributed by atoms with Crippen molar-refractivity contribution in [3.63, 3.8) is 0 Å². The summed E-state index contributed by atoms with van der Waals surface area (Å²) >= 11 is 5.83. The van der Waals surface area contributed by atoms with Gasteiger partial charge in [0.1, 0.15) is 0 Å². The zero-order valence-electron chi connectivity index (χ0n) is 11.4. The number of aromatic nitrogens is 3. The lowest BCUT2D eigenvalue weighted by molar-refractivity contribution is 0.277. The van der Waals surface area contributed by atoms with Crippen molar-refractivity contribution in [3.05, 3.63) is 23.0 Å². The van der Waals surface area contributed by atoms with Crippen LogP contribution in [0.2, 0.25) is 5.15 Å². The molecule has 0 bridgehead atoms. The molecule has 5 nitrogen and oxygen atoms in total. The first-order valence-electron chi connectivity index (χ1n) is 6.53. The molecule has 0 amide bonds. The molecule has 0 aliphatic carbocycles. The number of rotatable bonds is 0. The quantitative estimate of drug-likeness (QED) is 0.805. The van der Waals surface area contributed by atoms with Gasteiger partial charge < -0.3 is 10.6 Å². The summed E-state index contributed by atoms with van der Waals surface area (Å²) in [5.41, 5.74) is 7.44. The van der Waals surface area contributed by atoms with Gasteiger partial charge in [-0.15, -0.1) is 10.2 Å². The van der Waals surface area contributed by atoms with E-state index in [1.54, 1.807) is 4.40 Å². The molecule has 2 aromatic heterocycles. The van der Waals surface area contributed by atoms with Gasteiger partial charge in [-0.25, -0.2) is 0 Å². The largest absolute Gasteiger partial charge is 0.368 e. The highest BCUT2D eigenvalue weighted by Gasteiger charge is 2.06. The lowest BCUT2D eigenvalue weighted by Crippen LogP contribution is -2.24. The van der Waals surface area contributed by atoms with Gasteiger partial charge in [-0.3, -0.25) is 4.40 Å². The fourth-order valence-electron chi connectivity index (χ4n) is 2.23. The number of nitrogens with zero attached hydrogens (tertiary/aromatic N) is 4. The van der Waals surface area contributed by atoms with Crippen LogP contribution in [0.25, 0.3) is 5.52 Å². The van der Waals surface area contributed by atoms with E-state index in [1.807, 2.05) is 19.2 Å². The Balaban J connectivity index is 0.000000163. The van der Waals surface area contributed by atoms with Crippen molar-refractivity contribution in [3.8, 4) is 0 Å². The molecular weight excluding hydrogens is 262 g/mol. The first-order valence-corrected chi connectivity index (χ1v) is 6.91. The van der Waals surface area contributed by atoms with Crippen molar-refractivity contribution in [1.29, 1.82) is 0 Å². The van der Waals surface area contributed by atoms with Crippen LogP contribution in [0.5, 0.6) is 0 Å². The Bertz CT molecular complexity index is 545. The standard InChI is InChI=1S/C7H7ClN4.C6H13N/c1-4-2-3-12-5(4)6(8)10-11-7(12)9;1-7-5-3-2-4-6-7/h2-3H,1H3,(H2,9,11);2-6H2,1H3. The maximum atomic E-state index is 5.83. The summed E-state index contributed by atoms with van der Waals surface area (Å²) in [5.74, 6) is 0.350. The molecule has 0 radical (unpaired) electrons. The smallest absolute Gasteiger partial charge is 0.225 e. The number of anilines is 1. The van der Waals surface area contributed by atoms with Gasteiger partial charge in [0.25, 0.3) is 0 Å². The van der Waals surface area contributed by atoms with E-state index in [9.17, 15) is 0 Å². The molecule has 3 rings (SSSR count). The van der Waals surface area contributed by atoms with Crippen LogP contribution in [-0.2, 0) is 0 Å². The van der Waals surface area contributed by atoms with Crippen molar-refractivity contribution < 1.29 is 0 Å². The molecule has 1 saturated heterocycles. The van der Waals surface area contributed by atoms with E-state index >= 15 is 0 Å². The second-order valence-electron chi connectivity index (χ2n) is 4.93. The van der Waals surface area contributed by atoms with E-state index in [0.29, 0.717) is 11.1 Å². The van der Waals surface area contributed by atoms with Crippen molar-refractivity contribution in [1.82, 2.24) is 19.5 Å². The number of piperidine rings is 1. The van der Waals surface area contributed by atoms with Crippen LogP contribution in [0.3, 0.4) is 0 Å². The van der Waals surface area contributed by atoms with Crippen molar-refractivity contribution >= 4 is 23.1 Å². The monoisotopic (exact) mass is 281 g/mol. The van der Waals surface area contributed by atoms with Crippen LogP contribution >= 0.6 is 11.6 Å². The minimum absolute atomic E-state index is 0.350. The molecule has 0 aromatic carbocycles. The average Bonchev–Trinajstić information content (AvgIpc) is 2.79. The van der Waals surface area contributed by atoms with Gasteiger partial charge >= 0.3 is 0 Å². The molecular formula is C13H20ClN5. The minimum Gasteiger partial charge on any atom is -0.368 e. The maximum Gasteiger partial charge on any atom is 0.225 e. The fourth-order valence-corrected chi connectivity index (χ4v) is 2.50. The summed E-state index contributed by atoms with van der Waals surface area (Å²) in [5, 5.41) is 7.77. The molecule has 1 aliphatic rings. The number of hydrogen-bond donors (Lipinski definition) is 1. The van der Waals surface area contributed by atoms with Crippen molar-refractivity contribution in [2.45, 2.75) is 26.2 Å². The van der Waals surface area contributed by atoms with Gasteiger partial charge in [0.15, 0.2) is 5.15 Å². The minimum atomic E-state index is 0.350. The lowest BCUT2D eigenvalue weighted by atomic mass is 10.1. The molecule has 104 valence electrons. The number of aryl methyl sites for hydroxylation is 1. The summed E-state index contributed by atoms with van der Waals surface area (Å²) < 4.78 is 1.71. The van der Waals surface area contributed by atoms with E-state index in [2.05, 4.69) is 22.1 Å². The maximum absolute atomic E-state index is 5.83. The number of nitrogen functional groups attached to an aromatic ring is 1. The third kappa shape index (κ3) is 3.36. The summed E-state index contributed by atoms with van der Waals surface area (Å²) in [4.78, 5) is 2.39. The predicted octanol–water partition coefficient (Wildman–Crippen LogP) is 2.38. The van der Waals surface area contributed by atoms with Crippen LogP contribution in [0.15, 0.2) is 12.3 Å². The van der Waals surface area contributed by atoms with Gasteiger partial charge in [0.05, 0.1) is 5.52 Å². The molecule has 0 atom stereocenters. The van der Waals surface area contributed by atoms with Gasteiger partial charge in [-0.1, -0.05) is 18.0 Å². The van der Waals surface area contributed by atoms with Gasteiger partial charge in [-0.05, 0) is 51.5 Å². The fraction of sp³-hybridized carbons (Fsp3) is 0.538. The summed E-state index contributed by atoms with van der Waals surface area (Å²) in [6.45, 7) is 4.59. The zero-order chi connectivity index (χ0) is 13.8.